The Morgan fingerprint density at radius 3 is 2.49 bits per heavy atom. The normalized spacial score (nSPS) is 22.6. The molecule has 10 nitrogen and oxygen atoms in total. The number of rotatable bonds is 12. The van der Waals surface area contributed by atoms with Crippen molar-refractivity contribution in [3.05, 3.63) is 65.7 Å². The quantitative estimate of drug-likeness (QED) is 0.359. The Hall–Kier alpha value is -2.54. The predicted octanol–water partition coefficient (Wildman–Crippen LogP) is 2.25. The minimum absolute atomic E-state index is 0.00438. The lowest BCUT2D eigenvalue weighted by molar-refractivity contribution is -0.0907. The van der Waals surface area contributed by atoms with Crippen molar-refractivity contribution in [2.24, 2.45) is 17.6 Å². The number of carbonyl (C=O) groups excluding carboxylic acids is 1. The van der Waals surface area contributed by atoms with Gasteiger partial charge in [0.15, 0.2) is 6.29 Å². The van der Waals surface area contributed by atoms with Gasteiger partial charge in [-0.2, -0.15) is 4.31 Å². The Labute approximate surface area is 230 Å². The van der Waals surface area contributed by atoms with E-state index < -0.39 is 34.4 Å². The summed E-state index contributed by atoms with van der Waals surface area (Å²) in [6.45, 7) is 4.92. The maximum atomic E-state index is 13.6. The number of hydrogen-bond donors (Lipinski definition) is 3. The number of hydrogen-bond acceptors (Lipinski definition) is 8. The molecule has 0 saturated carbocycles. The minimum Gasteiger partial charge on any atom is -0.443 e. The lowest BCUT2D eigenvalue weighted by atomic mass is 10.0. The average Bonchev–Trinajstić information content (AvgIpc) is 3.53. The highest BCUT2D eigenvalue weighted by atomic mass is 32.2. The van der Waals surface area contributed by atoms with Gasteiger partial charge in [0.2, 0.25) is 10.0 Å². The fraction of sp³-hybridized carbons (Fsp3) is 0.536. The van der Waals surface area contributed by atoms with Crippen LogP contribution in [0.25, 0.3) is 0 Å². The summed E-state index contributed by atoms with van der Waals surface area (Å²) in [4.78, 5) is 13.1. The van der Waals surface area contributed by atoms with E-state index in [4.69, 9.17) is 19.9 Å². The van der Waals surface area contributed by atoms with Gasteiger partial charge in [0.05, 0.1) is 36.2 Å². The molecule has 2 fully saturated rings. The zero-order valence-electron chi connectivity index (χ0n) is 22.4. The smallest absolute Gasteiger partial charge is 0.407 e. The van der Waals surface area contributed by atoms with Crippen molar-refractivity contribution in [1.82, 2.24) is 9.62 Å². The number of sulfonamides is 1. The first-order valence-electron chi connectivity index (χ1n) is 13.4. The fourth-order valence-electron chi connectivity index (χ4n) is 4.98. The second kappa shape index (κ2) is 13.2. The molecule has 11 heteroatoms. The molecule has 2 saturated heterocycles. The predicted molar refractivity (Wildman–Crippen MR) is 145 cm³/mol. The zero-order chi connectivity index (χ0) is 28.0. The van der Waals surface area contributed by atoms with Crippen molar-refractivity contribution in [2.45, 2.75) is 62.7 Å². The van der Waals surface area contributed by atoms with Gasteiger partial charge in [-0.1, -0.05) is 56.3 Å². The molecule has 0 spiro atoms. The molecule has 39 heavy (non-hydrogen) atoms. The maximum Gasteiger partial charge on any atom is 0.407 e. The van der Waals surface area contributed by atoms with Gasteiger partial charge >= 0.3 is 6.09 Å². The van der Waals surface area contributed by atoms with Crippen LogP contribution in [0.2, 0.25) is 0 Å². The summed E-state index contributed by atoms with van der Waals surface area (Å²) < 4.78 is 45.2. The number of nitrogens with one attached hydrogen (secondary N) is 1. The number of alkyl carbamates (subject to hydrolysis) is 1. The van der Waals surface area contributed by atoms with Gasteiger partial charge in [-0.25, -0.2) is 13.2 Å². The van der Waals surface area contributed by atoms with Crippen molar-refractivity contribution in [2.75, 3.05) is 26.3 Å². The van der Waals surface area contributed by atoms with Crippen molar-refractivity contribution < 1.29 is 32.5 Å². The van der Waals surface area contributed by atoms with Gasteiger partial charge in [-0.15, -0.1) is 0 Å². The van der Waals surface area contributed by atoms with Crippen LogP contribution < -0.4 is 11.1 Å². The molecule has 2 aromatic rings. The summed E-state index contributed by atoms with van der Waals surface area (Å²) in [5.74, 6) is -0.0182. The molecule has 0 bridgehead atoms. The van der Waals surface area contributed by atoms with Crippen molar-refractivity contribution in [3.63, 3.8) is 0 Å². The van der Waals surface area contributed by atoms with Crippen LogP contribution in [0, 0.1) is 11.8 Å². The van der Waals surface area contributed by atoms with Crippen LogP contribution in [0.5, 0.6) is 0 Å². The summed E-state index contributed by atoms with van der Waals surface area (Å²) in [5, 5.41) is 14.2. The highest BCUT2D eigenvalue weighted by molar-refractivity contribution is 7.89. The third-order valence-corrected chi connectivity index (χ3v) is 8.91. The second-order valence-electron chi connectivity index (χ2n) is 10.5. The maximum absolute atomic E-state index is 13.6. The first kappa shape index (κ1) is 29.4. The summed E-state index contributed by atoms with van der Waals surface area (Å²) in [7, 11) is -3.92. The highest BCUT2D eigenvalue weighted by Crippen LogP contribution is 2.33. The number of benzene rings is 2. The molecule has 5 atom stereocenters. The van der Waals surface area contributed by atoms with Gasteiger partial charge in [0.25, 0.3) is 0 Å². The number of aliphatic hydroxyl groups excluding tert-OH is 1. The standard InChI is InChI=1S/C28H39N3O7S/c1-19(2)16-31(39(34,35)22-10-8-21(15-29)9-11-22)17-25(32)24(14-20-6-4-3-5-7-20)30-28(33)38-26-18-37-27-23(26)12-13-36-27/h3-11,19,23-27,32H,12-18,29H2,1-2H3,(H,30,33)/t23?,24-,25+,26?,27+/m0/s1. The number of fused-ring (bicyclic) bond motifs is 1. The van der Waals surface area contributed by atoms with Gasteiger partial charge in [0, 0.05) is 19.6 Å². The summed E-state index contributed by atoms with van der Waals surface area (Å²) in [6, 6.07) is 15.0. The van der Waals surface area contributed by atoms with Gasteiger partial charge in [-0.05, 0) is 42.0 Å². The molecule has 1 amide bonds. The Balaban J connectivity index is 1.51. The SMILES string of the molecule is CC(C)CN(C[C@@H](O)[C@H](Cc1ccccc1)NC(=O)OC1CO[C@H]2OCCC12)S(=O)(=O)c1ccc(CN)cc1. The third-order valence-electron chi connectivity index (χ3n) is 7.07. The third kappa shape index (κ3) is 7.56. The average molecular weight is 562 g/mol. The van der Waals surface area contributed by atoms with Crippen LogP contribution in [0.3, 0.4) is 0 Å². The van der Waals surface area contributed by atoms with E-state index in [0.717, 1.165) is 17.5 Å². The molecular formula is C28H39N3O7S. The highest BCUT2D eigenvalue weighted by Gasteiger charge is 2.44. The number of aliphatic hydroxyl groups is 1. The Bertz CT molecular complexity index is 1180. The number of ether oxygens (including phenoxy) is 3. The largest absolute Gasteiger partial charge is 0.443 e. The fourth-order valence-corrected chi connectivity index (χ4v) is 6.60. The van der Waals surface area contributed by atoms with Crippen molar-refractivity contribution in [3.8, 4) is 0 Å². The van der Waals surface area contributed by atoms with E-state index in [1.165, 1.54) is 16.4 Å². The van der Waals surface area contributed by atoms with E-state index in [1.807, 2.05) is 44.2 Å². The van der Waals surface area contributed by atoms with E-state index in [1.54, 1.807) is 12.1 Å². The van der Waals surface area contributed by atoms with E-state index in [9.17, 15) is 18.3 Å². The topological polar surface area (TPSA) is 140 Å². The molecule has 2 heterocycles. The van der Waals surface area contributed by atoms with Gasteiger partial charge < -0.3 is 30.4 Å². The molecule has 2 unspecified atom stereocenters. The molecule has 4 rings (SSSR count). The molecule has 214 valence electrons. The molecular weight excluding hydrogens is 522 g/mol. The van der Waals surface area contributed by atoms with E-state index in [2.05, 4.69) is 5.32 Å². The number of amides is 1. The first-order chi connectivity index (χ1) is 18.7. The monoisotopic (exact) mass is 561 g/mol. The van der Waals surface area contributed by atoms with Crippen LogP contribution >= 0.6 is 0 Å². The molecule has 2 aliphatic heterocycles. The van der Waals surface area contributed by atoms with Crippen molar-refractivity contribution >= 4 is 16.1 Å². The summed E-state index contributed by atoms with van der Waals surface area (Å²) in [5.41, 5.74) is 7.36. The van der Waals surface area contributed by atoms with Crippen molar-refractivity contribution in [1.29, 1.82) is 0 Å². The molecule has 4 N–H and O–H groups in total. The molecule has 0 aromatic heterocycles. The van der Waals surface area contributed by atoms with Crippen LogP contribution in [0.1, 0.15) is 31.4 Å². The van der Waals surface area contributed by atoms with Gasteiger partial charge in [0.1, 0.15) is 6.10 Å². The molecule has 2 aliphatic rings. The number of carbonyl (C=O) groups is 1. The zero-order valence-corrected chi connectivity index (χ0v) is 23.3. The van der Waals surface area contributed by atoms with Gasteiger partial charge in [-0.3, -0.25) is 0 Å². The molecule has 0 aliphatic carbocycles. The minimum atomic E-state index is -3.92. The van der Waals surface area contributed by atoms with Crippen LogP contribution in [-0.2, 0) is 37.2 Å². The van der Waals surface area contributed by atoms with E-state index in [-0.39, 0.29) is 49.1 Å². The number of nitrogens with two attached hydrogens (primary N) is 1. The van der Waals surface area contributed by atoms with Crippen LogP contribution in [-0.4, -0.2) is 74.8 Å². The van der Waals surface area contributed by atoms with Crippen LogP contribution in [0.15, 0.2) is 59.5 Å². The Morgan fingerprint density at radius 1 is 1.10 bits per heavy atom. The lowest BCUT2D eigenvalue weighted by Gasteiger charge is -2.31. The molecule has 2 aromatic carbocycles. The van der Waals surface area contributed by atoms with Crippen LogP contribution in [0.4, 0.5) is 4.79 Å². The van der Waals surface area contributed by atoms with E-state index >= 15 is 0 Å². The molecule has 0 radical (unpaired) electrons. The first-order valence-corrected chi connectivity index (χ1v) is 14.8. The Kier molecular flexibility index (Phi) is 9.97. The summed E-state index contributed by atoms with van der Waals surface area (Å²) >= 11 is 0. The Morgan fingerprint density at radius 2 is 1.82 bits per heavy atom. The summed E-state index contributed by atoms with van der Waals surface area (Å²) in [6.07, 6.45) is -1.67. The second-order valence-corrected chi connectivity index (χ2v) is 12.5. The number of nitrogens with zero attached hydrogens (tertiary/aromatic N) is 1. The lowest BCUT2D eigenvalue weighted by Crippen LogP contribution is -2.51. The van der Waals surface area contributed by atoms with E-state index in [0.29, 0.717) is 13.2 Å².